The second-order valence-corrected chi connectivity index (χ2v) is 3.55. The zero-order valence-electron chi connectivity index (χ0n) is 9.33. The lowest BCUT2D eigenvalue weighted by Gasteiger charge is -2.05. The Balaban J connectivity index is 2.25. The molecule has 0 saturated carbocycles. The number of aromatic nitrogens is 2. The third-order valence-electron chi connectivity index (χ3n) is 2.31. The first-order valence-electron chi connectivity index (χ1n) is 5.10. The molecule has 0 aliphatic carbocycles. The second kappa shape index (κ2) is 4.80. The van der Waals surface area contributed by atoms with Gasteiger partial charge in [-0.3, -0.25) is 4.79 Å². The molecule has 1 N–H and O–H groups in total. The molecule has 0 radical (unpaired) electrons. The highest BCUT2D eigenvalue weighted by Gasteiger charge is 2.05. The summed E-state index contributed by atoms with van der Waals surface area (Å²) in [5.41, 5.74) is 0.491. The average Bonchev–Trinajstić information content (AvgIpc) is 2.36. The van der Waals surface area contributed by atoms with Gasteiger partial charge in [-0.2, -0.15) is 0 Å². The molecule has 5 nitrogen and oxygen atoms in total. The van der Waals surface area contributed by atoms with Crippen LogP contribution in [0, 0.1) is 0 Å². The standard InChI is InChI=1S/C12H12N2O3/c1-14-7-6-13-11(12(14)16)17-10-4-2-9(8-15)3-5-10/h2-7,15H,8H2,1H3. The highest BCUT2D eigenvalue weighted by atomic mass is 16.5. The van der Waals surface area contributed by atoms with Gasteiger partial charge in [0.15, 0.2) is 0 Å². The van der Waals surface area contributed by atoms with Crippen LogP contribution in [0.5, 0.6) is 11.6 Å². The van der Waals surface area contributed by atoms with Crippen LogP contribution in [0.25, 0.3) is 0 Å². The maximum Gasteiger partial charge on any atom is 0.313 e. The first kappa shape index (κ1) is 11.3. The number of aliphatic hydroxyl groups excluding tert-OH is 1. The lowest BCUT2D eigenvalue weighted by Crippen LogP contribution is -2.18. The molecule has 2 rings (SSSR count). The second-order valence-electron chi connectivity index (χ2n) is 3.55. The fourth-order valence-electron chi connectivity index (χ4n) is 1.32. The average molecular weight is 232 g/mol. The third kappa shape index (κ3) is 2.51. The topological polar surface area (TPSA) is 64.3 Å². The van der Waals surface area contributed by atoms with Gasteiger partial charge >= 0.3 is 5.56 Å². The molecule has 2 aromatic rings. The summed E-state index contributed by atoms with van der Waals surface area (Å²) in [5.74, 6) is 0.546. The fraction of sp³-hybridized carbons (Fsp3) is 0.167. The van der Waals surface area contributed by atoms with Gasteiger partial charge in [0.05, 0.1) is 6.61 Å². The number of aryl methyl sites for hydroxylation is 1. The quantitative estimate of drug-likeness (QED) is 0.859. The monoisotopic (exact) mass is 232 g/mol. The van der Waals surface area contributed by atoms with Gasteiger partial charge < -0.3 is 14.4 Å². The molecule has 17 heavy (non-hydrogen) atoms. The van der Waals surface area contributed by atoms with E-state index in [4.69, 9.17) is 9.84 Å². The van der Waals surface area contributed by atoms with Crippen molar-refractivity contribution >= 4 is 0 Å². The molecule has 0 saturated heterocycles. The normalized spacial score (nSPS) is 10.2. The number of rotatable bonds is 3. The minimum atomic E-state index is -0.293. The van der Waals surface area contributed by atoms with Crippen LogP contribution < -0.4 is 10.3 Å². The number of hydrogen-bond donors (Lipinski definition) is 1. The van der Waals surface area contributed by atoms with Crippen LogP contribution in [0.1, 0.15) is 5.56 Å². The van der Waals surface area contributed by atoms with E-state index in [9.17, 15) is 4.79 Å². The number of ether oxygens (including phenoxy) is 1. The summed E-state index contributed by atoms with van der Waals surface area (Å²) in [4.78, 5) is 15.5. The van der Waals surface area contributed by atoms with E-state index in [-0.39, 0.29) is 18.0 Å². The molecule has 0 fully saturated rings. The molecule has 88 valence electrons. The molecule has 0 spiro atoms. The Labute approximate surface area is 97.9 Å². The minimum Gasteiger partial charge on any atom is -0.435 e. The van der Waals surface area contributed by atoms with Crippen LogP contribution in [0.3, 0.4) is 0 Å². The molecule has 1 aromatic heterocycles. The Hall–Kier alpha value is -2.14. The van der Waals surface area contributed by atoms with Crippen molar-refractivity contribution < 1.29 is 9.84 Å². The van der Waals surface area contributed by atoms with Crippen LogP contribution in [-0.2, 0) is 13.7 Å². The van der Waals surface area contributed by atoms with E-state index in [1.165, 1.54) is 10.8 Å². The van der Waals surface area contributed by atoms with Crippen molar-refractivity contribution in [1.82, 2.24) is 9.55 Å². The lowest BCUT2D eigenvalue weighted by molar-refractivity contribution is 0.281. The third-order valence-corrected chi connectivity index (χ3v) is 2.31. The number of benzene rings is 1. The van der Waals surface area contributed by atoms with E-state index >= 15 is 0 Å². The molecule has 1 aromatic carbocycles. The molecule has 0 aliphatic rings. The Morgan fingerprint density at radius 1 is 1.35 bits per heavy atom. The van der Waals surface area contributed by atoms with Gasteiger partial charge in [-0.15, -0.1) is 0 Å². The molecule has 0 aliphatic heterocycles. The predicted octanol–water partition coefficient (Wildman–Crippen LogP) is 1.06. The van der Waals surface area contributed by atoms with Crippen molar-refractivity contribution in [3.63, 3.8) is 0 Å². The van der Waals surface area contributed by atoms with Gasteiger partial charge in [0.2, 0.25) is 0 Å². The fourth-order valence-corrected chi connectivity index (χ4v) is 1.32. The summed E-state index contributed by atoms with van der Waals surface area (Å²) in [7, 11) is 1.63. The van der Waals surface area contributed by atoms with Gasteiger partial charge in [-0.25, -0.2) is 4.98 Å². The Morgan fingerprint density at radius 2 is 2.06 bits per heavy atom. The Morgan fingerprint density at radius 3 is 2.71 bits per heavy atom. The van der Waals surface area contributed by atoms with Crippen LogP contribution in [0.4, 0.5) is 0 Å². The van der Waals surface area contributed by atoms with Crippen molar-refractivity contribution in [3.8, 4) is 11.6 Å². The number of hydrogen-bond acceptors (Lipinski definition) is 4. The van der Waals surface area contributed by atoms with Gasteiger partial charge in [0.1, 0.15) is 5.75 Å². The summed E-state index contributed by atoms with van der Waals surface area (Å²) in [5, 5.41) is 8.89. The van der Waals surface area contributed by atoms with E-state index in [0.29, 0.717) is 5.75 Å². The molecule has 0 unspecified atom stereocenters. The predicted molar refractivity (Wildman–Crippen MR) is 61.9 cm³/mol. The van der Waals surface area contributed by atoms with Crippen LogP contribution >= 0.6 is 0 Å². The molecule has 1 heterocycles. The molecule has 0 bridgehead atoms. The van der Waals surface area contributed by atoms with Crippen LogP contribution in [0.2, 0.25) is 0 Å². The van der Waals surface area contributed by atoms with Crippen molar-refractivity contribution in [2.75, 3.05) is 0 Å². The summed E-state index contributed by atoms with van der Waals surface area (Å²) in [6.07, 6.45) is 3.06. The summed E-state index contributed by atoms with van der Waals surface area (Å²) in [6.45, 7) is -0.0222. The smallest absolute Gasteiger partial charge is 0.313 e. The van der Waals surface area contributed by atoms with E-state index in [1.807, 2.05) is 0 Å². The highest BCUT2D eigenvalue weighted by Crippen LogP contribution is 2.16. The highest BCUT2D eigenvalue weighted by molar-refractivity contribution is 5.29. The molecule has 5 heteroatoms. The summed E-state index contributed by atoms with van der Waals surface area (Å²) >= 11 is 0. The lowest BCUT2D eigenvalue weighted by atomic mass is 10.2. The van der Waals surface area contributed by atoms with Crippen LogP contribution in [0.15, 0.2) is 41.5 Å². The van der Waals surface area contributed by atoms with Crippen molar-refractivity contribution in [3.05, 3.63) is 52.6 Å². The summed E-state index contributed by atoms with van der Waals surface area (Å²) < 4.78 is 6.76. The van der Waals surface area contributed by atoms with Crippen molar-refractivity contribution in [2.24, 2.45) is 7.05 Å². The Kier molecular flexibility index (Phi) is 3.20. The molecular weight excluding hydrogens is 220 g/mol. The van der Waals surface area contributed by atoms with Crippen molar-refractivity contribution in [2.45, 2.75) is 6.61 Å². The number of nitrogens with zero attached hydrogens (tertiary/aromatic N) is 2. The maximum absolute atomic E-state index is 11.6. The zero-order chi connectivity index (χ0) is 12.3. The largest absolute Gasteiger partial charge is 0.435 e. The number of aliphatic hydroxyl groups is 1. The molecule has 0 amide bonds. The maximum atomic E-state index is 11.6. The van der Waals surface area contributed by atoms with Gasteiger partial charge in [-0.1, -0.05) is 12.1 Å². The van der Waals surface area contributed by atoms with Crippen molar-refractivity contribution in [1.29, 1.82) is 0 Å². The first-order chi connectivity index (χ1) is 8.20. The summed E-state index contributed by atoms with van der Waals surface area (Å²) in [6, 6.07) is 6.81. The van der Waals surface area contributed by atoms with E-state index in [2.05, 4.69) is 4.98 Å². The van der Waals surface area contributed by atoms with Crippen LogP contribution in [-0.4, -0.2) is 14.7 Å². The van der Waals surface area contributed by atoms with Gasteiger partial charge in [0.25, 0.3) is 5.88 Å². The van der Waals surface area contributed by atoms with E-state index < -0.39 is 0 Å². The molecule has 0 atom stereocenters. The molecular formula is C12H12N2O3. The Bertz CT molecular complexity index is 561. The van der Waals surface area contributed by atoms with E-state index in [1.54, 1.807) is 37.5 Å². The first-order valence-corrected chi connectivity index (χ1v) is 5.10. The zero-order valence-corrected chi connectivity index (χ0v) is 9.33. The minimum absolute atomic E-state index is 0.0222. The van der Waals surface area contributed by atoms with E-state index in [0.717, 1.165) is 5.56 Å². The van der Waals surface area contributed by atoms with Gasteiger partial charge in [0, 0.05) is 19.4 Å². The van der Waals surface area contributed by atoms with Gasteiger partial charge in [-0.05, 0) is 17.7 Å². The SMILES string of the molecule is Cn1ccnc(Oc2ccc(CO)cc2)c1=O.